The van der Waals surface area contributed by atoms with Crippen LogP contribution in [0.3, 0.4) is 0 Å². The van der Waals surface area contributed by atoms with Gasteiger partial charge < -0.3 is 5.32 Å². The Kier molecular flexibility index (Phi) is 6.15. The predicted molar refractivity (Wildman–Crippen MR) is 69.2 cm³/mol. The van der Waals surface area contributed by atoms with Gasteiger partial charge in [-0.2, -0.15) is 11.8 Å². The van der Waals surface area contributed by atoms with Gasteiger partial charge in [-0.15, -0.1) is 0 Å². The zero-order valence-corrected chi connectivity index (χ0v) is 11.6. The highest BCUT2D eigenvalue weighted by atomic mass is 32.2. The van der Waals surface area contributed by atoms with Crippen LogP contribution in [0.4, 0.5) is 0 Å². The first kappa shape index (κ1) is 14.3. The lowest BCUT2D eigenvalue weighted by molar-refractivity contribution is 0.297. The first-order valence-electron chi connectivity index (χ1n) is 5.51. The van der Waals surface area contributed by atoms with Crippen LogP contribution in [-0.2, 0) is 0 Å². The monoisotopic (exact) mass is 217 g/mol. The summed E-state index contributed by atoms with van der Waals surface area (Å²) in [6, 6.07) is 0. The topological polar surface area (TPSA) is 12.0 Å². The number of rotatable bonds is 6. The van der Waals surface area contributed by atoms with Crippen molar-refractivity contribution in [3.63, 3.8) is 0 Å². The Morgan fingerprint density at radius 1 is 1.00 bits per heavy atom. The number of thioether (sulfide) groups is 1. The summed E-state index contributed by atoms with van der Waals surface area (Å²) >= 11 is 1.95. The van der Waals surface area contributed by atoms with Gasteiger partial charge in [-0.1, -0.05) is 13.8 Å². The van der Waals surface area contributed by atoms with E-state index in [-0.39, 0.29) is 5.54 Å². The lowest BCUT2D eigenvalue weighted by Gasteiger charge is -2.27. The van der Waals surface area contributed by atoms with Crippen molar-refractivity contribution in [2.24, 2.45) is 5.41 Å². The molecule has 86 valence electrons. The minimum Gasteiger partial charge on any atom is -0.312 e. The van der Waals surface area contributed by atoms with E-state index in [2.05, 4.69) is 46.2 Å². The molecule has 0 spiro atoms. The van der Waals surface area contributed by atoms with Gasteiger partial charge in [0.2, 0.25) is 0 Å². The standard InChI is InChI=1S/C12H27NS/c1-11(2,3)13-9-7-12(4,5)8-10-14-6/h13H,7-10H2,1-6H3. The maximum atomic E-state index is 3.55. The van der Waals surface area contributed by atoms with Crippen LogP contribution in [0.25, 0.3) is 0 Å². The molecule has 0 rings (SSSR count). The van der Waals surface area contributed by atoms with Crippen LogP contribution in [0.5, 0.6) is 0 Å². The molecule has 0 radical (unpaired) electrons. The quantitative estimate of drug-likeness (QED) is 0.730. The fraction of sp³-hybridized carbons (Fsp3) is 1.00. The molecule has 2 heteroatoms. The summed E-state index contributed by atoms with van der Waals surface area (Å²) in [7, 11) is 0. The summed E-state index contributed by atoms with van der Waals surface area (Å²) in [6.07, 6.45) is 4.77. The fourth-order valence-electron chi connectivity index (χ4n) is 1.28. The lowest BCUT2D eigenvalue weighted by atomic mass is 9.86. The molecule has 0 aromatic carbocycles. The van der Waals surface area contributed by atoms with E-state index in [1.165, 1.54) is 18.6 Å². The highest BCUT2D eigenvalue weighted by Gasteiger charge is 2.18. The molecular weight excluding hydrogens is 190 g/mol. The lowest BCUT2D eigenvalue weighted by Crippen LogP contribution is -2.38. The Balaban J connectivity index is 3.65. The molecule has 0 aromatic heterocycles. The molecule has 0 saturated carbocycles. The molecule has 1 N–H and O–H groups in total. The van der Waals surface area contributed by atoms with E-state index in [0.29, 0.717) is 5.41 Å². The van der Waals surface area contributed by atoms with Gasteiger partial charge in [-0.25, -0.2) is 0 Å². The van der Waals surface area contributed by atoms with Gasteiger partial charge in [-0.3, -0.25) is 0 Å². The van der Waals surface area contributed by atoms with Crippen molar-refractivity contribution in [3.05, 3.63) is 0 Å². The van der Waals surface area contributed by atoms with Gasteiger partial charge in [0.25, 0.3) is 0 Å². The van der Waals surface area contributed by atoms with Crippen LogP contribution in [0, 0.1) is 5.41 Å². The molecule has 1 nitrogen and oxygen atoms in total. The zero-order valence-electron chi connectivity index (χ0n) is 10.7. The largest absolute Gasteiger partial charge is 0.312 e. The molecule has 0 amide bonds. The molecule has 0 atom stereocenters. The minimum atomic E-state index is 0.260. The Bertz CT molecular complexity index is 147. The molecule has 0 saturated heterocycles. The maximum absolute atomic E-state index is 3.55. The average Bonchev–Trinajstić information content (AvgIpc) is 1.98. The molecule has 14 heavy (non-hydrogen) atoms. The molecule has 0 aromatic rings. The fourth-order valence-corrected chi connectivity index (χ4v) is 2.04. The van der Waals surface area contributed by atoms with Crippen molar-refractivity contribution in [1.82, 2.24) is 5.32 Å². The van der Waals surface area contributed by atoms with E-state index in [9.17, 15) is 0 Å². The number of nitrogens with one attached hydrogen (secondary N) is 1. The second-order valence-electron chi connectivity index (χ2n) is 5.83. The summed E-state index contributed by atoms with van der Waals surface area (Å²) in [4.78, 5) is 0. The van der Waals surface area contributed by atoms with Crippen molar-refractivity contribution < 1.29 is 0 Å². The van der Waals surface area contributed by atoms with E-state index in [1.807, 2.05) is 11.8 Å². The third-order valence-corrected chi connectivity index (χ3v) is 3.05. The van der Waals surface area contributed by atoms with Gasteiger partial charge in [0.1, 0.15) is 0 Å². The Morgan fingerprint density at radius 2 is 1.57 bits per heavy atom. The van der Waals surface area contributed by atoms with Gasteiger partial charge >= 0.3 is 0 Å². The van der Waals surface area contributed by atoms with Crippen LogP contribution in [-0.4, -0.2) is 24.1 Å². The van der Waals surface area contributed by atoms with Crippen molar-refractivity contribution in [3.8, 4) is 0 Å². The van der Waals surface area contributed by atoms with E-state index in [0.717, 1.165) is 6.54 Å². The summed E-state index contributed by atoms with van der Waals surface area (Å²) in [5.41, 5.74) is 0.747. The molecule has 0 aliphatic carbocycles. The van der Waals surface area contributed by atoms with Crippen LogP contribution < -0.4 is 5.32 Å². The van der Waals surface area contributed by atoms with Crippen molar-refractivity contribution in [1.29, 1.82) is 0 Å². The molecule has 0 fully saturated rings. The van der Waals surface area contributed by atoms with Gasteiger partial charge in [-0.05, 0) is 57.6 Å². The van der Waals surface area contributed by atoms with Gasteiger partial charge in [0.05, 0.1) is 0 Å². The van der Waals surface area contributed by atoms with Crippen LogP contribution in [0.1, 0.15) is 47.5 Å². The molecular formula is C12H27NS. The van der Waals surface area contributed by atoms with E-state index < -0.39 is 0 Å². The molecule has 0 aliphatic rings. The third-order valence-electron chi connectivity index (χ3n) is 2.44. The average molecular weight is 217 g/mol. The van der Waals surface area contributed by atoms with Crippen molar-refractivity contribution >= 4 is 11.8 Å². The summed E-state index contributed by atoms with van der Waals surface area (Å²) < 4.78 is 0. The normalized spacial score (nSPS) is 13.3. The number of hydrogen-bond acceptors (Lipinski definition) is 2. The minimum absolute atomic E-state index is 0.260. The Morgan fingerprint density at radius 3 is 2.00 bits per heavy atom. The summed E-state index contributed by atoms with van der Waals surface area (Å²) in [5.74, 6) is 1.28. The SMILES string of the molecule is CSCCC(C)(C)CCNC(C)(C)C. The van der Waals surface area contributed by atoms with E-state index >= 15 is 0 Å². The summed E-state index contributed by atoms with van der Waals surface area (Å²) in [6.45, 7) is 12.5. The highest BCUT2D eigenvalue weighted by molar-refractivity contribution is 7.98. The van der Waals surface area contributed by atoms with Crippen LogP contribution >= 0.6 is 11.8 Å². The van der Waals surface area contributed by atoms with Crippen molar-refractivity contribution in [2.45, 2.75) is 53.0 Å². The van der Waals surface area contributed by atoms with Gasteiger partial charge in [0, 0.05) is 5.54 Å². The van der Waals surface area contributed by atoms with Crippen molar-refractivity contribution in [2.75, 3.05) is 18.6 Å². The predicted octanol–water partition coefficient (Wildman–Crippen LogP) is 3.54. The van der Waals surface area contributed by atoms with Crippen LogP contribution in [0.2, 0.25) is 0 Å². The van der Waals surface area contributed by atoms with Gasteiger partial charge in [0.15, 0.2) is 0 Å². The smallest absolute Gasteiger partial charge is 0.00965 e. The van der Waals surface area contributed by atoms with E-state index in [4.69, 9.17) is 0 Å². The third kappa shape index (κ3) is 8.89. The first-order chi connectivity index (χ1) is 6.27. The van der Waals surface area contributed by atoms with E-state index in [1.54, 1.807) is 0 Å². The second kappa shape index (κ2) is 6.02. The first-order valence-corrected chi connectivity index (χ1v) is 6.90. The zero-order chi connectivity index (χ0) is 11.2. The maximum Gasteiger partial charge on any atom is 0.00965 e. The van der Waals surface area contributed by atoms with Crippen LogP contribution in [0.15, 0.2) is 0 Å². The molecule has 0 aliphatic heterocycles. The number of hydrogen-bond donors (Lipinski definition) is 1. The second-order valence-corrected chi connectivity index (χ2v) is 6.82. The highest BCUT2D eigenvalue weighted by Crippen LogP contribution is 2.26. The molecule has 0 bridgehead atoms. The molecule has 0 heterocycles. The Hall–Kier alpha value is 0.310. The molecule has 0 unspecified atom stereocenters. The summed E-state index contributed by atoms with van der Waals surface area (Å²) in [5, 5.41) is 3.55. The Labute approximate surface area is 94.4 Å².